The van der Waals surface area contributed by atoms with E-state index in [9.17, 15) is 8.42 Å². The lowest BCUT2D eigenvalue weighted by Crippen LogP contribution is -2.31. The van der Waals surface area contributed by atoms with E-state index in [1.54, 1.807) is 12.1 Å². The molecule has 0 radical (unpaired) electrons. The number of aryl methyl sites for hydroxylation is 2. The molecule has 0 saturated carbocycles. The molecule has 7 nitrogen and oxygen atoms in total. The van der Waals surface area contributed by atoms with Crippen LogP contribution in [-0.4, -0.2) is 38.6 Å². The van der Waals surface area contributed by atoms with Gasteiger partial charge in [-0.15, -0.1) is 0 Å². The number of benzene rings is 1. The highest BCUT2D eigenvalue weighted by Crippen LogP contribution is 2.41. The van der Waals surface area contributed by atoms with Gasteiger partial charge in [-0.3, -0.25) is 0 Å². The molecule has 1 aliphatic heterocycles. The molecule has 2 aromatic rings. The second-order valence-corrected chi connectivity index (χ2v) is 7.89. The van der Waals surface area contributed by atoms with Crippen LogP contribution in [0.25, 0.3) is 0 Å². The molecule has 8 heteroatoms. The molecular weight excluding hydrogens is 344 g/mol. The number of ether oxygens (including phenoxy) is 2. The van der Waals surface area contributed by atoms with Crippen LogP contribution in [0.15, 0.2) is 27.6 Å². The van der Waals surface area contributed by atoms with Gasteiger partial charge in [0.25, 0.3) is 0 Å². The van der Waals surface area contributed by atoms with E-state index in [-0.39, 0.29) is 10.9 Å². The van der Waals surface area contributed by atoms with Gasteiger partial charge in [-0.05, 0) is 38.8 Å². The first-order valence-electron chi connectivity index (χ1n) is 8.06. The third-order valence-corrected chi connectivity index (χ3v) is 6.51. The Morgan fingerprint density at radius 2 is 2.00 bits per heavy atom. The van der Waals surface area contributed by atoms with Crippen LogP contribution in [0, 0.1) is 13.8 Å². The first-order valence-corrected chi connectivity index (χ1v) is 9.50. The largest absolute Gasteiger partial charge is 0.497 e. The Morgan fingerprint density at radius 3 is 2.60 bits per heavy atom. The molecule has 0 spiro atoms. The maximum Gasteiger partial charge on any atom is 0.247 e. The van der Waals surface area contributed by atoms with Crippen LogP contribution < -0.4 is 9.47 Å². The van der Waals surface area contributed by atoms with Gasteiger partial charge in [0.05, 0.1) is 26.0 Å². The molecule has 136 valence electrons. The summed E-state index contributed by atoms with van der Waals surface area (Å²) in [7, 11) is -0.808. The fourth-order valence-corrected chi connectivity index (χ4v) is 5.23. The van der Waals surface area contributed by atoms with Crippen molar-refractivity contribution in [3.8, 4) is 11.5 Å². The van der Waals surface area contributed by atoms with Crippen molar-refractivity contribution in [3.05, 3.63) is 35.2 Å². The number of hydrogen-bond donors (Lipinski definition) is 0. The van der Waals surface area contributed by atoms with Crippen LogP contribution >= 0.6 is 0 Å². The van der Waals surface area contributed by atoms with Gasteiger partial charge in [-0.1, -0.05) is 5.16 Å². The number of aromatic nitrogens is 1. The zero-order chi connectivity index (χ0) is 18.2. The Hall–Kier alpha value is -2.06. The van der Waals surface area contributed by atoms with Crippen LogP contribution in [0.3, 0.4) is 0 Å². The molecule has 3 rings (SSSR count). The summed E-state index contributed by atoms with van der Waals surface area (Å²) in [5.41, 5.74) is 1.57. The predicted molar refractivity (Wildman–Crippen MR) is 91.4 cm³/mol. The number of hydrogen-bond acceptors (Lipinski definition) is 6. The van der Waals surface area contributed by atoms with Crippen LogP contribution in [0.1, 0.15) is 35.9 Å². The molecular formula is C17H22N2O5S. The van der Waals surface area contributed by atoms with Gasteiger partial charge in [0.1, 0.15) is 22.2 Å². The fourth-order valence-electron chi connectivity index (χ4n) is 3.39. The quantitative estimate of drug-likeness (QED) is 0.809. The highest BCUT2D eigenvalue weighted by molar-refractivity contribution is 7.89. The minimum Gasteiger partial charge on any atom is -0.497 e. The summed E-state index contributed by atoms with van der Waals surface area (Å²) in [6, 6.07) is 4.49. The van der Waals surface area contributed by atoms with E-state index in [1.807, 2.05) is 13.8 Å². The van der Waals surface area contributed by atoms with Crippen molar-refractivity contribution in [2.24, 2.45) is 0 Å². The highest BCUT2D eigenvalue weighted by Gasteiger charge is 2.40. The van der Waals surface area contributed by atoms with Crippen molar-refractivity contribution in [1.29, 1.82) is 0 Å². The van der Waals surface area contributed by atoms with Crippen molar-refractivity contribution in [1.82, 2.24) is 9.46 Å². The third kappa shape index (κ3) is 3.00. The van der Waals surface area contributed by atoms with Gasteiger partial charge >= 0.3 is 0 Å². The summed E-state index contributed by atoms with van der Waals surface area (Å²) in [6.45, 7) is 4.09. The van der Waals surface area contributed by atoms with Gasteiger partial charge in [0, 0.05) is 18.2 Å². The molecule has 0 bridgehead atoms. The zero-order valence-corrected chi connectivity index (χ0v) is 15.6. The van der Waals surface area contributed by atoms with Gasteiger partial charge in [-0.25, -0.2) is 8.42 Å². The average molecular weight is 366 g/mol. The zero-order valence-electron chi connectivity index (χ0n) is 14.8. The maximum absolute atomic E-state index is 13.3. The lowest BCUT2D eigenvalue weighted by atomic mass is 10.0. The summed E-state index contributed by atoms with van der Waals surface area (Å²) in [5, 5.41) is 3.97. The van der Waals surface area contributed by atoms with Crippen molar-refractivity contribution in [2.45, 2.75) is 37.6 Å². The highest BCUT2D eigenvalue weighted by atomic mass is 32.2. The summed E-state index contributed by atoms with van der Waals surface area (Å²) in [6.07, 6.45) is 1.51. The van der Waals surface area contributed by atoms with E-state index in [1.165, 1.54) is 24.6 Å². The first kappa shape index (κ1) is 17.8. The molecule has 0 N–H and O–H groups in total. The van der Waals surface area contributed by atoms with Gasteiger partial charge in [0.15, 0.2) is 0 Å². The number of nitrogens with zero attached hydrogens (tertiary/aromatic N) is 2. The number of methoxy groups -OCH3 is 2. The Labute approximate surface area is 147 Å². The SMILES string of the molecule is COc1ccc(OC)c(S(=O)(=O)N2CCC[C@H]2c2c(C)noc2C)c1. The van der Waals surface area contributed by atoms with E-state index in [0.29, 0.717) is 23.8 Å². The Bertz CT molecular complexity index is 856. The van der Waals surface area contributed by atoms with Crippen molar-refractivity contribution < 1.29 is 22.4 Å². The van der Waals surface area contributed by atoms with Gasteiger partial charge < -0.3 is 14.0 Å². The van der Waals surface area contributed by atoms with Crippen molar-refractivity contribution in [3.63, 3.8) is 0 Å². The second-order valence-electron chi connectivity index (χ2n) is 6.03. The van der Waals surface area contributed by atoms with Gasteiger partial charge in [0.2, 0.25) is 10.0 Å². The monoisotopic (exact) mass is 366 g/mol. The molecule has 0 amide bonds. The van der Waals surface area contributed by atoms with Crippen LogP contribution in [-0.2, 0) is 10.0 Å². The number of sulfonamides is 1. The standard InChI is InChI=1S/C17H22N2O5S/c1-11-17(12(2)24-18-11)14-6-5-9-19(14)25(20,21)16-10-13(22-3)7-8-15(16)23-4/h7-8,10,14H,5-6,9H2,1-4H3/t14-/m0/s1. The third-order valence-electron chi connectivity index (χ3n) is 4.58. The van der Waals surface area contributed by atoms with E-state index >= 15 is 0 Å². The Morgan fingerprint density at radius 1 is 1.24 bits per heavy atom. The summed E-state index contributed by atoms with van der Waals surface area (Å²) < 4.78 is 43.9. The predicted octanol–water partition coefficient (Wildman–Crippen LogP) is 2.83. The minimum atomic E-state index is -3.76. The normalized spacial score (nSPS) is 18.5. The van der Waals surface area contributed by atoms with Crippen molar-refractivity contribution in [2.75, 3.05) is 20.8 Å². The lowest BCUT2D eigenvalue weighted by Gasteiger charge is -2.25. The lowest BCUT2D eigenvalue weighted by molar-refractivity contribution is 0.368. The molecule has 1 aromatic heterocycles. The van der Waals surface area contributed by atoms with E-state index in [0.717, 1.165) is 24.1 Å². The van der Waals surface area contributed by atoms with E-state index in [2.05, 4.69) is 5.16 Å². The van der Waals surface area contributed by atoms with E-state index in [4.69, 9.17) is 14.0 Å². The second kappa shape index (κ2) is 6.68. The molecule has 1 fully saturated rings. The molecule has 25 heavy (non-hydrogen) atoms. The molecule has 1 aliphatic rings. The maximum atomic E-state index is 13.3. The smallest absolute Gasteiger partial charge is 0.247 e. The van der Waals surface area contributed by atoms with E-state index < -0.39 is 10.0 Å². The topological polar surface area (TPSA) is 81.9 Å². The van der Waals surface area contributed by atoms with Gasteiger partial charge in [-0.2, -0.15) is 4.31 Å². The summed E-state index contributed by atoms with van der Waals surface area (Å²) in [5.74, 6) is 1.42. The first-order chi connectivity index (χ1) is 11.9. The van der Waals surface area contributed by atoms with Crippen LogP contribution in [0.2, 0.25) is 0 Å². The van der Waals surface area contributed by atoms with Crippen LogP contribution in [0.4, 0.5) is 0 Å². The summed E-state index contributed by atoms with van der Waals surface area (Å²) >= 11 is 0. The average Bonchev–Trinajstić information content (AvgIpc) is 3.21. The minimum absolute atomic E-state index is 0.105. The molecule has 1 aromatic carbocycles. The summed E-state index contributed by atoms with van der Waals surface area (Å²) in [4.78, 5) is 0.105. The Balaban J connectivity index is 2.08. The van der Waals surface area contributed by atoms with Crippen LogP contribution in [0.5, 0.6) is 11.5 Å². The molecule has 0 aliphatic carbocycles. The Kier molecular flexibility index (Phi) is 4.75. The molecule has 1 atom stereocenters. The molecule has 0 unspecified atom stereocenters. The number of rotatable bonds is 5. The van der Waals surface area contributed by atoms with Crippen molar-refractivity contribution >= 4 is 10.0 Å². The molecule has 2 heterocycles. The fraction of sp³-hybridized carbons (Fsp3) is 0.471. The molecule has 1 saturated heterocycles.